The molecule has 1 aliphatic heterocycles. The van der Waals surface area contributed by atoms with E-state index >= 15 is 0 Å². The molecule has 0 saturated carbocycles. The summed E-state index contributed by atoms with van der Waals surface area (Å²) in [4.78, 5) is 0. The van der Waals surface area contributed by atoms with Crippen molar-refractivity contribution in [2.45, 2.75) is 32.6 Å². The smallest absolute Gasteiger partial charge is 0.0596 e. The molecule has 0 radical (unpaired) electrons. The Kier molecular flexibility index (Phi) is 3.10. The van der Waals surface area contributed by atoms with Crippen LogP contribution in [0.3, 0.4) is 0 Å². The van der Waals surface area contributed by atoms with Gasteiger partial charge in [0.05, 0.1) is 5.69 Å². The second-order valence-corrected chi connectivity index (χ2v) is 4.71. The standard InChI is InChI=1S/C12H21N3/c1-9-8-12(15(3)14-9)10(2)11-4-6-13-7-5-11/h8,10-11,13H,4-7H2,1-3H3. The zero-order valence-electron chi connectivity index (χ0n) is 9.95. The molecule has 2 heterocycles. The second-order valence-electron chi connectivity index (χ2n) is 4.71. The van der Waals surface area contributed by atoms with Crippen molar-refractivity contribution in [3.05, 3.63) is 17.5 Å². The second kappa shape index (κ2) is 4.35. The SMILES string of the molecule is Cc1cc(C(C)C2CCNCC2)n(C)n1. The van der Waals surface area contributed by atoms with Crippen LogP contribution in [0.2, 0.25) is 0 Å². The molecule has 0 aromatic carbocycles. The Balaban J connectivity index is 2.12. The maximum absolute atomic E-state index is 4.43. The van der Waals surface area contributed by atoms with E-state index in [-0.39, 0.29) is 0 Å². The van der Waals surface area contributed by atoms with Crippen molar-refractivity contribution >= 4 is 0 Å². The lowest BCUT2D eigenvalue weighted by molar-refractivity contribution is 0.322. The molecule has 1 aromatic heterocycles. The Labute approximate surface area is 91.9 Å². The van der Waals surface area contributed by atoms with Gasteiger partial charge in [-0.25, -0.2) is 0 Å². The molecule has 15 heavy (non-hydrogen) atoms. The number of hydrogen-bond donors (Lipinski definition) is 1. The normalized spacial score (nSPS) is 20.5. The third-order valence-electron chi connectivity index (χ3n) is 3.60. The van der Waals surface area contributed by atoms with Gasteiger partial charge in [0, 0.05) is 18.7 Å². The molecule has 0 bridgehead atoms. The molecule has 1 fully saturated rings. The van der Waals surface area contributed by atoms with Gasteiger partial charge in [0.1, 0.15) is 0 Å². The highest BCUT2D eigenvalue weighted by molar-refractivity contribution is 5.14. The predicted octanol–water partition coefficient (Wildman–Crippen LogP) is 1.83. The summed E-state index contributed by atoms with van der Waals surface area (Å²) in [6.45, 7) is 6.75. The van der Waals surface area contributed by atoms with Crippen molar-refractivity contribution in [1.82, 2.24) is 15.1 Å². The average molecular weight is 207 g/mol. The summed E-state index contributed by atoms with van der Waals surface area (Å²) in [6, 6.07) is 2.23. The van der Waals surface area contributed by atoms with Crippen LogP contribution in [0.15, 0.2) is 6.07 Å². The maximum Gasteiger partial charge on any atom is 0.0596 e. The van der Waals surface area contributed by atoms with E-state index in [1.54, 1.807) is 0 Å². The number of aromatic nitrogens is 2. The average Bonchev–Trinajstić information content (AvgIpc) is 2.58. The van der Waals surface area contributed by atoms with Crippen LogP contribution in [-0.4, -0.2) is 22.9 Å². The van der Waals surface area contributed by atoms with Gasteiger partial charge < -0.3 is 5.32 Å². The molecule has 1 aliphatic rings. The molecule has 1 atom stereocenters. The van der Waals surface area contributed by atoms with E-state index in [2.05, 4.69) is 37.4 Å². The molecular weight excluding hydrogens is 186 g/mol. The van der Waals surface area contributed by atoms with E-state index in [1.165, 1.54) is 31.6 Å². The number of aryl methyl sites for hydroxylation is 2. The number of nitrogens with zero attached hydrogens (tertiary/aromatic N) is 2. The van der Waals surface area contributed by atoms with Crippen LogP contribution >= 0.6 is 0 Å². The first kappa shape index (κ1) is 10.7. The largest absolute Gasteiger partial charge is 0.317 e. The van der Waals surface area contributed by atoms with E-state index in [4.69, 9.17) is 0 Å². The summed E-state index contributed by atoms with van der Waals surface area (Å²) in [5, 5.41) is 7.85. The van der Waals surface area contributed by atoms with E-state index in [1.807, 2.05) is 4.68 Å². The van der Waals surface area contributed by atoms with Gasteiger partial charge in [-0.1, -0.05) is 6.92 Å². The number of nitrogens with one attached hydrogen (secondary N) is 1. The Morgan fingerprint density at radius 1 is 1.47 bits per heavy atom. The van der Waals surface area contributed by atoms with Crippen LogP contribution < -0.4 is 5.32 Å². The highest BCUT2D eigenvalue weighted by atomic mass is 15.3. The lowest BCUT2D eigenvalue weighted by Crippen LogP contribution is -2.30. The minimum absolute atomic E-state index is 0.637. The predicted molar refractivity (Wildman–Crippen MR) is 62.0 cm³/mol. The van der Waals surface area contributed by atoms with Gasteiger partial charge in [-0.05, 0) is 44.8 Å². The Hall–Kier alpha value is -0.830. The van der Waals surface area contributed by atoms with E-state index < -0.39 is 0 Å². The fourth-order valence-electron chi connectivity index (χ4n) is 2.64. The number of hydrogen-bond acceptors (Lipinski definition) is 2. The molecule has 1 aromatic rings. The summed E-state index contributed by atoms with van der Waals surface area (Å²) in [5.74, 6) is 1.46. The molecule has 1 N–H and O–H groups in total. The van der Waals surface area contributed by atoms with E-state index in [0.29, 0.717) is 5.92 Å². The Morgan fingerprint density at radius 2 is 2.13 bits per heavy atom. The van der Waals surface area contributed by atoms with Crippen LogP contribution in [0.5, 0.6) is 0 Å². The zero-order valence-corrected chi connectivity index (χ0v) is 9.95. The minimum Gasteiger partial charge on any atom is -0.317 e. The van der Waals surface area contributed by atoms with Crippen LogP contribution in [-0.2, 0) is 7.05 Å². The van der Waals surface area contributed by atoms with Gasteiger partial charge >= 0.3 is 0 Å². The summed E-state index contributed by atoms with van der Waals surface area (Å²) in [6.07, 6.45) is 2.59. The molecule has 1 saturated heterocycles. The monoisotopic (exact) mass is 207 g/mol. The summed E-state index contributed by atoms with van der Waals surface area (Å²) < 4.78 is 2.04. The quantitative estimate of drug-likeness (QED) is 0.802. The summed E-state index contributed by atoms with van der Waals surface area (Å²) >= 11 is 0. The van der Waals surface area contributed by atoms with Crippen molar-refractivity contribution in [3.8, 4) is 0 Å². The van der Waals surface area contributed by atoms with Crippen LogP contribution in [0.25, 0.3) is 0 Å². The molecule has 0 amide bonds. The zero-order chi connectivity index (χ0) is 10.8. The molecule has 3 heteroatoms. The van der Waals surface area contributed by atoms with Crippen LogP contribution in [0, 0.1) is 12.8 Å². The van der Waals surface area contributed by atoms with E-state index in [9.17, 15) is 0 Å². The molecule has 1 unspecified atom stereocenters. The molecule has 0 spiro atoms. The van der Waals surface area contributed by atoms with Crippen LogP contribution in [0.4, 0.5) is 0 Å². The molecule has 84 valence electrons. The summed E-state index contributed by atoms with van der Waals surface area (Å²) in [7, 11) is 2.06. The first-order valence-corrected chi connectivity index (χ1v) is 5.89. The topological polar surface area (TPSA) is 29.9 Å². The maximum atomic E-state index is 4.43. The van der Waals surface area contributed by atoms with Crippen LogP contribution in [0.1, 0.15) is 37.1 Å². The molecule has 2 rings (SSSR count). The van der Waals surface area contributed by atoms with Gasteiger partial charge in [-0.15, -0.1) is 0 Å². The molecule has 0 aliphatic carbocycles. The Bertz CT molecular complexity index is 324. The highest BCUT2D eigenvalue weighted by Crippen LogP contribution is 2.30. The molecule has 3 nitrogen and oxygen atoms in total. The summed E-state index contributed by atoms with van der Waals surface area (Å²) in [5.41, 5.74) is 2.52. The third kappa shape index (κ3) is 2.23. The van der Waals surface area contributed by atoms with Crippen molar-refractivity contribution in [2.24, 2.45) is 13.0 Å². The Morgan fingerprint density at radius 3 is 2.67 bits per heavy atom. The lowest BCUT2D eigenvalue weighted by Gasteiger charge is -2.28. The van der Waals surface area contributed by atoms with Crippen molar-refractivity contribution in [2.75, 3.05) is 13.1 Å². The van der Waals surface area contributed by atoms with Gasteiger partial charge in [0.15, 0.2) is 0 Å². The van der Waals surface area contributed by atoms with E-state index in [0.717, 1.165) is 11.6 Å². The minimum atomic E-state index is 0.637. The van der Waals surface area contributed by atoms with Gasteiger partial charge in [0.25, 0.3) is 0 Å². The van der Waals surface area contributed by atoms with Crippen molar-refractivity contribution in [3.63, 3.8) is 0 Å². The van der Waals surface area contributed by atoms with Crippen molar-refractivity contribution < 1.29 is 0 Å². The van der Waals surface area contributed by atoms with Gasteiger partial charge in [-0.3, -0.25) is 4.68 Å². The van der Waals surface area contributed by atoms with Crippen molar-refractivity contribution in [1.29, 1.82) is 0 Å². The van der Waals surface area contributed by atoms with Gasteiger partial charge in [-0.2, -0.15) is 5.10 Å². The highest BCUT2D eigenvalue weighted by Gasteiger charge is 2.23. The number of rotatable bonds is 2. The fraction of sp³-hybridized carbons (Fsp3) is 0.750. The van der Waals surface area contributed by atoms with Gasteiger partial charge in [0.2, 0.25) is 0 Å². The first-order valence-electron chi connectivity index (χ1n) is 5.89. The fourth-order valence-corrected chi connectivity index (χ4v) is 2.64. The number of piperidine rings is 1. The lowest BCUT2D eigenvalue weighted by atomic mass is 9.84. The molecular formula is C12H21N3. The first-order chi connectivity index (χ1) is 7.18. The third-order valence-corrected chi connectivity index (χ3v) is 3.60.